The minimum Gasteiger partial charge on any atom is -0.293 e. The Morgan fingerprint density at radius 2 is 2.06 bits per heavy atom. The minimum absolute atomic E-state index is 0.175. The van der Waals surface area contributed by atoms with Crippen LogP contribution < -0.4 is 0 Å². The molecule has 3 nitrogen and oxygen atoms in total. The van der Waals surface area contributed by atoms with Gasteiger partial charge in [0.1, 0.15) is 0 Å². The number of nitrogens with zero attached hydrogens (tertiary/aromatic N) is 2. The van der Waals surface area contributed by atoms with Gasteiger partial charge in [0.25, 0.3) is 0 Å². The van der Waals surface area contributed by atoms with E-state index in [1.54, 1.807) is 16.0 Å². The molecule has 0 aromatic carbocycles. The van der Waals surface area contributed by atoms with Crippen LogP contribution in [-0.4, -0.2) is 15.6 Å². The molecule has 2 aromatic heterocycles. The monoisotopic (exact) mass is 248 g/mol. The number of aromatic nitrogens is 2. The third-order valence-corrected chi connectivity index (χ3v) is 4.07. The lowest BCUT2D eigenvalue weighted by atomic mass is 10.1. The highest BCUT2D eigenvalue weighted by Gasteiger charge is 2.13. The quantitative estimate of drug-likeness (QED) is 0.783. The van der Waals surface area contributed by atoms with Gasteiger partial charge in [-0.25, -0.2) is 0 Å². The Morgan fingerprint density at radius 1 is 1.35 bits per heavy atom. The molecule has 17 heavy (non-hydrogen) atoms. The van der Waals surface area contributed by atoms with E-state index in [1.807, 2.05) is 40.0 Å². The summed E-state index contributed by atoms with van der Waals surface area (Å²) < 4.78 is 1.78. The van der Waals surface area contributed by atoms with Crippen LogP contribution in [0.25, 0.3) is 0 Å². The summed E-state index contributed by atoms with van der Waals surface area (Å²) in [5, 5.41) is 4.25. The molecule has 0 saturated heterocycles. The predicted molar refractivity (Wildman–Crippen MR) is 69.8 cm³/mol. The molecule has 0 atom stereocenters. The van der Waals surface area contributed by atoms with Crippen molar-refractivity contribution in [2.75, 3.05) is 0 Å². The van der Waals surface area contributed by atoms with Gasteiger partial charge in [0.15, 0.2) is 5.78 Å². The van der Waals surface area contributed by atoms with Crippen molar-refractivity contribution in [3.63, 3.8) is 0 Å². The number of hydrogen-bond donors (Lipinski definition) is 0. The zero-order valence-electron chi connectivity index (χ0n) is 10.6. The summed E-state index contributed by atoms with van der Waals surface area (Å²) in [6, 6.07) is 3.94. The van der Waals surface area contributed by atoms with Gasteiger partial charge in [0.05, 0.1) is 17.0 Å². The first kappa shape index (κ1) is 12.0. The number of aryl methyl sites for hydroxylation is 4. The van der Waals surface area contributed by atoms with Crippen LogP contribution in [0, 0.1) is 20.8 Å². The Morgan fingerprint density at radius 3 is 2.53 bits per heavy atom. The second-order valence-electron chi connectivity index (χ2n) is 4.35. The molecule has 2 rings (SSSR count). The topological polar surface area (TPSA) is 34.9 Å². The van der Waals surface area contributed by atoms with Crippen molar-refractivity contribution in [2.45, 2.75) is 27.2 Å². The minimum atomic E-state index is 0.175. The molecule has 0 unspecified atom stereocenters. The highest BCUT2D eigenvalue weighted by Crippen LogP contribution is 2.22. The summed E-state index contributed by atoms with van der Waals surface area (Å²) in [5.41, 5.74) is 3.12. The number of thiophene rings is 1. The van der Waals surface area contributed by atoms with Crippen LogP contribution in [0.2, 0.25) is 0 Å². The maximum atomic E-state index is 12.1. The van der Waals surface area contributed by atoms with E-state index >= 15 is 0 Å². The van der Waals surface area contributed by atoms with Gasteiger partial charge in [0.2, 0.25) is 0 Å². The molecule has 90 valence electrons. The molecule has 2 aromatic rings. The zero-order valence-corrected chi connectivity index (χ0v) is 11.4. The van der Waals surface area contributed by atoms with Crippen molar-refractivity contribution in [3.8, 4) is 0 Å². The van der Waals surface area contributed by atoms with Gasteiger partial charge >= 0.3 is 0 Å². The molecule has 0 N–H and O–H groups in total. The number of Topliss-reactive ketones (excluding diaryl/α,β-unsaturated/α-hetero) is 1. The van der Waals surface area contributed by atoms with E-state index in [0.717, 1.165) is 16.3 Å². The van der Waals surface area contributed by atoms with Crippen molar-refractivity contribution in [1.82, 2.24) is 9.78 Å². The molecule has 0 aliphatic rings. The molecule has 0 saturated carbocycles. The summed E-state index contributed by atoms with van der Waals surface area (Å²) in [4.78, 5) is 14.2. The van der Waals surface area contributed by atoms with Gasteiger partial charge in [0, 0.05) is 17.6 Å². The molecule has 4 heteroatoms. The summed E-state index contributed by atoms with van der Waals surface area (Å²) in [7, 11) is 1.88. The first-order valence-corrected chi connectivity index (χ1v) is 6.39. The molecule has 0 fully saturated rings. The predicted octanol–water partition coefficient (Wildman–Crippen LogP) is 2.83. The summed E-state index contributed by atoms with van der Waals surface area (Å²) in [5.74, 6) is 0.175. The van der Waals surface area contributed by atoms with Gasteiger partial charge in [-0.1, -0.05) is 0 Å². The average molecular weight is 248 g/mol. The first-order valence-electron chi connectivity index (χ1n) is 5.57. The van der Waals surface area contributed by atoms with Gasteiger partial charge in [-0.05, 0) is 38.5 Å². The maximum absolute atomic E-state index is 12.1. The van der Waals surface area contributed by atoms with E-state index in [-0.39, 0.29) is 5.78 Å². The fraction of sp³-hybridized carbons (Fsp3) is 0.385. The standard InChI is InChI=1S/C13H16N2OS/c1-8-5-13(17-10(8)3)12(16)7-11-6-9(2)14-15(11)4/h5-6H,7H2,1-4H3. The van der Waals surface area contributed by atoms with E-state index in [0.29, 0.717) is 6.42 Å². The Kier molecular flexibility index (Phi) is 3.15. The number of carbonyl (C=O) groups is 1. The van der Waals surface area contributed by atoms with Gasteiger partial charge in [-0.3, -0.25) is 9.48 Å². The van der Waals surface area contributed by atoms with E-state index in [1.165, 1.54) is 10.4 Å². The highest BCUT2D eigenvalue weighted by atomic mass is 32.1. The van der Waals surface area contributed by atoms with Gasteiger partial charge < -0.3 is 0 Å². The Labute approximate surface area is 105 Å². The molecule has 0 spiro atoms. The fourth-order valence-electron chi connectivity index (χ4n) is 1.79. The molecule has 0 amide bonds. The smallest absolute Gasteiger partial charge is 0.178 e. The lowest BCUT2D eigenvalue weighted by molar-refractivity contribution is 0.0994. The van der Waals surface area contributed by atoms with Crippen molar-refractivity contribution in [1.29, 1.82) is 0 Å². The number of rotatable bonds is 3. The van der Waals surface area contributed by atoms with Crippen molar-refractivity contribution in [3.05, 3.63) is 38.8 Å². The second kappa shape index (κ2) is 4.45. The molecule has 0 radical (unpaired) electrons. The number of ketones is 1. The normalized spacial score (nSPS) is 10.8. The van der Waals surface area contributed by atoms with E-state index in [9.17, 15) is 4.79 Å². The summed E-state index contributed by atoms with van der Waals surface area (Å²) in [6.45, 7) is 6.02. The molecular formula is C13H16N2OS. The lowest BCUT2D eigenvalue weighted by Gasteiger charge is -1.99. The SMILES string of the molecule is Cc1cc(CC(=O)c2cc(C)c(C)s2)n(C)n1. The van der Waals surface area contributed by atoms with Crippen LogP contribution in [-0.2, 0) is 13.5 Å². The van der Waals surface area contributed by atoms with Gasteiger partial charge in [-0.2, -0.15) is 5.10 Å². The third kappa shape index (κ3) is 2.47. The van der Waals surface area contributed by atoms with E-state index in [2.05, 4.69) is 5.10 Å². The van der Waals surface area contributed by atoms with Crippen molar-refractivity contribution < 1.29 is 4.79 Å². The second-order valence-corrected chi connectivity index (χ2v) is 5.61. The van der Waals surface area contributed by atoms with Crippen LogP contribution in [0.1, 0.15) is 31.5 Å². The van der Waals surface area contributed by atoms with Crippen molar-refractivity contribution >= 4 is 17.1 Å². The maximum Gasteiger partial charge on any atom is 0.178 e. The van der Waals surface area contributed by atoms with E-state index in [4.69, 9.17) is 0 Å². The Hall–Kier alpha value is -1.42. The third-order valence-electron chi connectivity index (χ3n) is 2.88. The number of hydrogen-bond acceptors (Lipinski definition) is 3. The van der Waals surface area contributed by atoms with Crippen molar-refractivity contribution in [2.24, 2.45) is 7.05 Å². The summed E-state index contributed by atoms with van der Waals surface area (Å²) >= 11 is 1.58. The molecule has 0 aliphatic heterocycles. The van der Waals surface area contributed by atoms with Crippen LogP contribution in [0.5, 0.6) is 0 Å². The first-order chi connectivity index (χ1) is 7.97. The van der Waals surface area contributed by atoms with Crippen LogP contribution in [0.3, 0.4) is 0 Å². The van der Waals surface area contributed by atoms with Gasteiger partial charge in [-0.15, -0.1) is 11.3 Å². The van der Waals surface area contributed by atoms with E-state index < -0.39 is 0 Å². The summed E-state index contributed by atoms with van der Waals surface area (Å²) in [6.07, 6.45) is 0.427. The fourth-order valence-corrected chi connectivity index (χ4v) is 2.76. The highest BCUT2D eigenvalue weighted by molar-refractivity contribution is 7.14. The molecular weight excluding hydrogens is 232 g/mol. The lowest BCUT2D eigenvalue weighted by Crippen LogP contribution is -2.06. The average Bonchev–Trinajstić information content (AvgIpc) is 2.72. The zero-order chi connectivity index (χ0) is 12.6. The van der Waals surface area contributed by atoms with Crippen LogP contribution >= 0.6 is 11.3 Å². The molecule has 0 bridgehead atoms. The number of carbonyl (C=O) groups excluding carboxylic acids is 1. The van der Waals surface area contributed by atoms with Crippen LogP contribution in [0.4, 0.5) is 0 Å². The Balaban J connectivity index is 2.19. The molecule has 0 aliphatic carbocycles. The largest absolute Gasteiger partial charge is 0.293 e. The Bertz CT molecular complexity index is 546. The van der Waals surface area contributed by atoms with Crippen LogP contribution in [0.15, 0.2) is 12.1 Å². The molecule has 2 heterocycles.